The van der Waals surface area contributed by atoms with E-state index >= 15 is 0 Å². The van der Waals surface area contributed by atoms with E-state index in [1.54, 1.807) is 0 Å². The van der Waals surface area contributed by atoms with Crippen molar-refractivity contribution in [2.75, 3.05) is 26.2 Å². The molecule has 4 aromatic rings. The second kappa shape index (κ2) is 13.6. The summed E-state index contributed by atoms with van der Waals surface area (Å²) in [5, 5.41) is 2.53. The molecule has 1 saturated carbocycles. The van der Waals surface area contributed by atoms with Gasteiger partial charge >= 0.3 is 5.69 Å². The molecule has 0 bridgehead atoms. The van der Waals surface area contributed by atoms with E-state index in [9.17, 15) is 4.79 Å². The lowest BCUT2D eigenvalue weighted by atomic mass is 9.88. The van der Waals surface area contributed by atoms with E-state index in [1.807, 2.05) is 18.2 Å². The van der Waals surface area contributed by atoms with Gasteiger partial charge in [0.1, 0.15) is 0 Å². The maximum Gasteiger partial charge on any atom is 0.326 e. The van der Waals surface area contributed by atoms with E-state index in [1.165, 1.54) is 61.9 Å². The number of rotatable bonds is 8. The Morgan fingerprint density at radius 3 is 2.02 bits per heavy atom. The molecule has 2 atom stereocenters. The van der Waals surface area contributed by atoms with Crippen molar-refractivity contribution in [1.29, 1.82) is 0 Å². The number of imidazole rings is 1. The summed E-state index contributed by atoms with van der Waals surface area (Å²) in [6, 6.07) is 30.2. The van der Waals surface area contributed by atoms with E-state index in [4.69, 9.17) is 4.43 Å². The van der Waals surface area contributed by atoms with Crippen LogP contribution in [0.25, 0.3) is 11.0 Å². The van der Waals surface area contributed by atoms with E-state index < -0.39 is 8.32 Å². The summed E-state index contributed by atoms with van der Waals surface area (Å²) in [4.78, 5) is 19.4. The summed E-state index contributed by atoms with van der Waals surface area (Å²) in [6.07, 6.45) is 10.6. The van der Waals surface area contributed by atoms with Crippen molar-refractivity contribution in [1.82, 2.24) is 14.5 Å². The number of nitrogens with zero attached hydrogens (tertiary/aromatic N) is 2. The van der Waals surface area contributed by atoms with E-state index in [0.717, 1.165) is 36.5 Å². The topological polar surface area (TPSA) is 50.3 Å². The largest absolute Gasteiger partial charge is 0.407 e. The molecular formula is C38H51N3O2Si. The molecule has 2 aliphatic rings. The van der Waals surface area contributed by atoms with Crippen molar-refractivity contribution in [3.8, 4) is 0 Å². The van der Waals surface area contributed by atoms with Gasteiger partial charge in [-0.15, -0.1) is 0 Å². The van der Waals surface area contributed by atoms with Crippen LogP contribution in [-0.2, 0) is 4.43 Å². The van der Waals surface area contributed by atoms with Crippen molar-refractivity contribution in [2.45, 2.75) is 83.2 Å². The average Bonchev–Trinajstić information content (AvgIpc) is 3.35. The van der Waals surface area contributed by atoms with Crippen LogP contribution in [0.3, 0.4) is 0 Å². The number of aromatic amines is 1. The molecular weight excluding hydrogens is 559 g/mol. The number of nitrogens with one attached hydrogen (secondary N) is 1. The molecule has 1 aliphatic heterocycles. The molecule has 5 nitrogen and oxygen atoms in total. The highest BCUT2D eigenvalue weighted by Crippen LogP contribution is 2.39. The zero-order valence-corrected chi connectivity index (χ0v) is 28.0. The minimum absolute atomic E-state index is 0.000108. The van der Waals surface area contributed by atoms with Crippen molar-refractivity contribution in [3.63, 3.8) is 0 Å². The highest BCUT2D eigenvalue weighted by Gasteiger charge is 2.51. The summed E-state index contributed by atoms with van der Waals surface area (Å²) < 4.78 is 9.60. The third kappa shape index (κ3) is 6.40. The fourth-order valence-corrected chi connectivity index (χ4v) is 12.9. The highest BCUT2D eigenvalue weighted by molar-refractivity contribution is 6.99. The Kier molecular flexibility index (Phi) is 9.60. The van der Waals surface area contributed by atoms with Crippen LogP contribution in [0.1, 0.15) is 78.2 Å². The molecule has 0 radical (unpaired) electrons. The first kappa shape index (κ1) is 31.1. The van der Waals surface area contributed by atoms with Gasteiger partial charge < -0.3 is 14.3 Å². The van der Waals surface area contributed by atoms with E-state index in [0.29, 0.717) is 6.61 Å². The molecule has 0 amide bonds. The van der Waals surface area contributed by atoms with Crippen molar-refractivity contribution >= 4 is 29.7 Å². The number of aromatic nitrogens is 2. The fraction of sp³-hybridized carbons (Fsp3) is 0.500. The maximum atomic E-state index is 13.5. The first-order chi connectivity index (χ1) is 21.4. The summed E-state index contributed by atoms with van der Waals surface area (Å²) in [5.41, 5.74) is 1.92. The average molecular weight is 610 g/mol. The van der Waals surface area contributed by atoms with Crippen LogP contribution in [0.5, 0.6) is 0 Å². The molecule has 2 heterocycles. The smallest absolute Gasteiger partial charge is 0.326 e. The quantitative estimate of drug-likeness (QED) is 0.216. The van der Waals surface area contributed by atoms with E-state index in [-0.39, 0.29) is 22.7 Å². The molecule has 44 heavy (non-hydrogen) atoms. The molecule has 1 saturated heterocycles. The first-order valence-electron chi connectivity index (χ1n) is 17.0. The number of fused-ring (bicyclic) bond motifs is 1. The zero-order chi connectivity index (χ0) is 30.6. The lowest BCUT2D eigenvalue weighted by Crippen LogP contribution is -2.67. The number of piperidine rings is 1. The van der Waals surface area contributed by atoms with Crippen LogP contribution in [0.4, 0.5) is 0 Å². The lowest BCUT2D eigenvalue weighted by Gasteiger charge is -2.46. The molecule has 1 N–H and O–H groups in total. The zero-order valence-electron chi connectivity index (χ0n) is 27.0. The molecule has 0 unspecified atom stereocenters. The summed E-state index contributed by atoms with van der Waals surface area (Å²) in [7, 11) is -2.71. The SMILES string of the molecule is CC(C)(C)[Si](OC[C@@H]1CN(CC2CCCCCCC2)CC[C@H]1n1c(=O)[nH]c2ccccc21)(c1ccccc1)c1ccccc1. The Morgan fingerprint density at radius 1 is 0.795 bits per heavy atom. The minimum atomic E-state index is -2.71. The minimum Gasteiger partial charge on any atom is -0.407 e. The number of hydrogen-bond donors (Lipinski definition) is 1. The van der Waals surface area contributed by atoms with Crippen molar-refractivity contribution in [3.05, 3.63) is 95.4 Å². The molecule has 0 spiro atoms. The summed E-state index contributed by atoms with van der Waals surface area (Å²) in [6.45, 7) is 10.8. The molecule has 1 aliphatic carbocycles. The highest BCUT2D eigenvalue weighted by atomic mass is 28.4. The van der Waals surface area contributed by atoms with Crippen molar-refractivity contribution < 1.29 is 4.43 Å². The second-order valence-electron chi connectivity index (χ2n) is 14.4. The van der Waals surface area contributed by atoms with Gasteiger partial charge in [0.25, 0.3) is 8.32 Å². The van der Waals surface area contributed by atoms with Crippen LogP contribution in [0.2, 0.25) is 5.04 Å². The number of H-pyrrole nitrogens is 1. The second-order valence-corrected chi connectivity index (χ2v) is 18.7. The van der Waals surface area contributed by atoms with Gasteiger partial charge in [-0.25, -0.2) is 4.79 Å². The standard InChI is InChI=1S/C38H51N3O2Si/c1-38(2,3)44(32-19-11-7-12-20-32,33-21-13-8-14-22-33)43-29-31-28-40(27-30-17-9-5-4-6-10-18-30)26-25-35(31)41-36-24-16-15-23-34(36)39-37(41)42/h7-8,11-16,19-24,30-31,35H,4-6,9-10,17-18,25-29H2,1-3H3,(H,39,42)/t31-,35+/m0/s1. The molecule has 6 heteroatoms. The molecule has 2 fully saturated rings. The monoisotopic (exact) mass is 609 g/mol. The normalized spacial score (nSPS) is 21.2. The van der Waals surface area contributed by atoms with Crippen LogP contribution >= 0.6 is 0 Å². The van der Waals surface area contributed by atoms with Crippen LogP contribution < -0.4 is 16.1 Å². The predicted octanol–water partition coefficient (Wildman–Crippen LogP) is 7.13. The van der Waals surface area contributed by atoms with Crippen LogP contribution in [0.15, 0.2) is 89.7 Å². The van der Waals surface area contributed by atoms with Gasteiger partial charge in [0, 0.05) is 38.2 Å². The van der Waals surface area contributed by atoms with Crippen molar-refractivity contribution in [2.24, 2.45) is 11.8 Å². The Balaban J connectivity index is 1.35. The summed E-state index contributed by atoms with van der Waals surface area (Å²) >= 11 is 0. The number of likely N-dealkylation sites (tertiary alicyclic amines) is 1. The fourth-order valence-electron chi connectivity index (χ4n) is 8.25. The van der Waals surface area contributed by atoms with E-state index in [2.05, 4.69) is 102 Å². The Hall–Kier alpha value is -2.93. The molecule has 1 aromatic heterocycles. The Bertz CT molecular complexity index is 1490. The van der Waals surface area contributed by atoms with Gasteiger partial charge in [-0.05, 0) is 52.7 Å². The van der Waals surface area contributed by atoms with Gasteiger partial charge in [0.15, 0.2) is 0 Å². The third-order valence-corrected chi connectivity index (χ3v) is 15.4. The number of hydrogen-bond acceptors (Lipinski definition) is 3. The Labute approximate surface area is 264 Å². The van der Waals surface area contributed by atoms with Gasteiger partial charge in [-0.3, -0.25) is 4.57 Å². The Morgan fingerprint density at radius 2 is 1.39 bits per heavy atom. The maximum absolute atomic E-state index is 13.5. The first-order valence-corrected chi connectivity index (χ1v) is 18.9. The summed E-state index contributed by atoms with van der Waals surface area (Å²) in [5.74, 6) is 0.983. The van der Waals surface area contributed by atoms with Gasteiger partial charge in [0.05, 0.1) is 11.0 Å². The predicted molar refractivity (Wildman–Crippen MR) is 186 cm³/mol. The number of para-hydroxylation sites is 2. The van der Waals surface area contributed by atoms with Gasteiger partial charge in [0.2, 0.25) is 0 Å². The third-order valence-electron chi connectivity index (χ3n) is 10.4. The molecule has 6 rings (SSSR count). The molecule has 234 valence electrons. The van der Waals surface area contributed by atoms with Gasteiger partial charge in [-0.2, -0.15) is 0 Å². The van der Waals surface area contributed by atoms with Crippen LogP contribution in [-0.4, -0.2) is 49.0 Å². The van der Waals surface area contributed by atoms with Gasteiger partial charge in [-0.1, -0.05) is 126 Å². The lowest BCUT2D eigenvalue weighted by molar-refractivity contribution is 0.0692. The van der Waals surface area contributed by atoms with Crippen LogP contribution in [0, 0.1) is 11.8 Å². The number of benzene rings is 3. The molecule has 3 aromatic carbocycles.